The molecule has 0 amide bonds. The van der Waals surface area contributed by atoms with E-state index in [9.17, 15) is 0 Å². The van der Waals surface area contributed by atoms with Crippen LogP contribution in [0.2, 0.25) is 5.02 Å². The third-order valence-corrected chi connectivity index (χ3v) is 5.90. The number of rotatable bonds is 8. The lowest BCUT2D eigenvalue weighted by atomic mass is 10.1. The molecular formula is C24H27ClN2S. The molecule has 0 aliphatic rings. The van der Waals surface area contributed by atoms with Crippen LogP contribution in [0.25, 0.3) is 0 Å². The Hall–Kier alpha value is -2.10. The molecule has 3 aromatic carbocycles. The molecular weight excluding hydrogens is 384 g/mol. The average Bonchev–Trinajstić information content (AvgIpc) is 2.66. The Morgan fingerprint density at radius 2 is 1.54 bits per heavy atom. The summed E-state index contributed by atoms with van der Waals surface area (Å²) in [5.74, 6) is 0.654. The first kappa shape index (κ1) is 20.6. The molecule has 0 radical (unpaired) electrons. The Morgan fingerprint density at radius 1 is 0.821 bits per heavy atom. The Kier molecular flexibility index (Phi) is 7.30. The van der Waals surface area contributed by atoms with Crippen molar-refractivity contribution < 1.29 is 0 Å². The minimum Gasteiger partial charge on any atom is -0.382 e. The quantitative estimate of drug-likeness (QED) is 0.392. The highest BCUT2D eigenvalue weighted by atomic mass is 35.5. The van der Waals surface area contributed by atoms with Gasteiger partial charge in [0.1, 0.15) is 0 Å². The standard InChI is InChI=1S/C24H27ClN2S/c1-17(2)15-18(3)26-22-14-13-20(27-19-9-5-4-6-10-19)16-24(22)28-23-12-8-7-11-21(23)25/h4-14,16-18,26-27H,15H2,1-3H3. The van der Waals surface area contributed by atoms with Crippen LogP contribution in [0.3, 0.4) is 0 Å². The molecule has 0 aromatic heterocycles. The Labute approximate surface area is 177 Å². The first-order valence-electron chi connectivity index (χ1n) is 9.66. The molecule has 0 aliphatic heterocycles. The average molecular weight is 411 g/mol. The van der Waals surface area contributed by atoms with Gasteiger partial charge in [0.05, 0.1) is 5.02 Å². The predicted molar refractivity (Wildman–Crippen MR) is 124 cm³/mol. The fraction of sp³-hybridized carbons (Fsp3) is 0.250. The van der Waals surface area contributed by atoms with Crippen molar-refractivity contribution in [2.45, 2.75) is 43.0 Å². The maximum absolute atomic E-state index is 6.41. The van der Waals surface area contributed by atoms with Gasteiger partial charge in [-0.3, -0.25) is 0 Å². The second-order valence-corrected chi connectivity index (χ2v) is 8.90. The number of benzene rings is 3. The van der Waals surface area contributed by atoms with Crippen molar-refractivity contribution >= 4 is 40.4 Å². The summed E-state index contributed by atoms with van der Waals surface area (Å²) in [7, 11) is 0. The molecule has 1 unspecified atom stereocenters. The second-order valence-electron chi connectivity index (χ2n) is 7.41. The number of para-hydroxylation sites is 1. The van der Waals surface area contributed by atoms with Crippen LogP contribution in [0.4, 0.5) is 17.1 Å². The van der Waals surface area contributed by atoms with E-state index in [0.717, 1.165) is 38.3 Å². The predicted octanol–water partition coefficient (Wildman–Crippen LogP) is 8.08. The van der Waals surface area contributed by atoms with Crippen molar-refractivity contribution in [3.05, 3.63) is 77.8 Å². The zero-order valence-corrected chi connectivity index (χ0v) is 18.1. The van der Waals surface area contributed by atoms with E-state index in [1.807, 2.05) is 36.4 Å². The molecule has 2 nitrogen and oxygen atoms in total. The second kappa shape index (κ2) is 9.90. The molecule has 28 heavy (non-hydrogen) atoms. The number of hydrogen-bond acceptors (Lipinski definition) is 3. The Morgan fingerprint density at radius 3 is 2.25 bits per heavy atom. The first-order valence-corrected chi connectivity index (χ1v) is 10.9. The number of halogens is 1. The van der Waals surface area contributed by atoms with Gasteiger partial charge in [0.15, 0.2) is 0 Å². The molecule has 146 valence electrons. The molecule has 0 saturated heterocycles. The normalized spacial score (nSPS) is 12.0. The molecule has 1 atom stereocenters. The van der Waals surface area contributed by atoms with Crippen molar-refractivity contribution in [3.63, 3.8) is 0 Å². The highest BCUT2D eigenvalue weighted by Gasteiger charge is 2.12. The van der Waals surface area contributed by atoms with Gasteiger partial charge in [-0.15, -0.1) is 0 Å². The van der Waals surface area contributed by atoms with Crippen LogP contribution >= 0.6 is 23.4 Å². The summed E-state index contributed by atoms with van der Waals surface area (Å²) in [6, 6.07) is 25.1. The van der Waals surface area contributed by atoms with Crippen LogP contribution in [0.1, 0.15) is 27.2 Å². The van der Waals surface area contributed by atoms with Gasteiger partial charge >= 0.3 is 0 Å². The van der Waals surface area contributed by atoms with Crippen LogP contribution < -0.4 is 10.6 Å². The third-order valence-electron chi connectivity index (χ3n) is 4.33. The largest absolute Gasteiger partial charge is 0.382 e. The summed E-state index contributed by atoms with van der Waals surface area (Å²) < 4.78 is 0. The summed E-state index contributed by atoms with van der Waals surface area (Å²) >= 11 is 8.11. The van der Waals surface area contributed by atoms with Crippen LogP contribution in [0, 0.1) is 5.92 Å². The SMILES string of the molecule is CC(C)CC(C)Nc1ccc(Nc2ccccc2)cc1Sc1ccccc1Cl. The van der Waals surface area contributed by atoms with E-state index in [1.54, 1.807) is 11.8 Å². The highest BCUT2D eigenvalue weighted by molar-refractivity contribution is 7.99. The lowest BCUT2D eigenvalue weighted by Crippen LogP contribution is -2.17. The number of nitrogens with one attached hydrogen (secondary N) is 2. The van der Waals surface area contributed by atoms with Gasteiger partial charge in [0, 0.05) is 32.9 Å². The Balaban J connectivity index is 1.88. The van der Waals surface area contributed by atoms with E-state index in [1.165, 1.54) is 0 Å². The molecule has 0 spiro atoms. The lowest BCUT2D eigenvalue weighted by Gasteiger charge is -2.20. The minimum atomic E-state index is 0.401. The van der Waals surface area contributed by atoms with Crippen molar-refractivity contribution in [2.75, 3.05) is 10.6 Å². The molecule has 0 fully saturated rings. The van der Waals surface area contributed by atoms with Crippen LogP contribution in [-0.4, -0.2) is 6.04 Å². The fourth-order valence-corrected chi connectivity index (χ4v) is 4.39. The first-order chi connectivity index (χ1) is 13.5. The van der Waals surface area contributed by atoms with E-state index in [0.29, 0.717) is 12.0 Å². The van der Waals surface area contributed by atoms with E-state index in [4.69, 9.17) is 11.6 Å². The number of hydrogen-bond donors (Lipinski definition) is 2. The molecule has 0 heterocycles. The van der Waals surface area contributed by atoms with E-state index in [-0.39, 0.29) is 0 Å². The van der Waals surface area contributed by atoms with Gasteiger partial charge in [-0.05, 0) is 61.7 Å². The van der Waals surface area contributed by atoms with Crippen LogP contribution in [-0.2, 0) is 0 Å². The van der Waals surface area contributed by atoms with E-state index in [2.05, 4.69) is 67.8 Å². The van der Waals surface area contributed by atoms with Gasteiger partial charge in [-0.25, -0.2) is 0 Å². The summed E-state index contributed by atoms with van der Waals surface area (Å²) in [4.78, 5) is 2.21. The van der Waals surface area contributed by atoms with Gasteiger partial charge < -0.3 is 10.6 Å². The smallest absolute Gasteiger partial charge is 0.0545 e. The molecule has 3 rings (SSSR count). The van der Waals surface area contributed by atoms with Crippen LogP contribution in [0.15, 0.2) is 82.6 Å². The van der Waals surface area contributed by atoms with Gasteiger partial charge in [-0.1, -0.05) is 67.5 Å². The maximum atomic E-state index is 6.41. The van der Waals surface area contributed by atoms with E-state index >= 15 is 0 Å². The monoisotopic (exact) mass is 410 g/mol. The summed E-state index contributed by atoms with van der Waals surface area (Å²) in [5.41, 5.74) is 3.27. The molecule has 0 aliphatic carbocycles. The summed E-state index contributed by atoms with van der Waals surface area (Å²) in [6.45, 7) is 6.75. The van der Waals surface area contributed by atoms with Crippen LogP contribution in [0.5, 0.6) is 0 Å². The van der Waals surface area contributed by atoms with Crippen molar-refractivity contribution in [3.8, 4) is 0 Å². The van der Waals surface area contributed by atoms with Gasteiger partial charge in [0.2, 0.25) is 0 Å². The molecule has 0 saturated carbocycles. The Bertz CT molecular complexity index is 896. The number of anilines is 3. The zero-order chi connectivity index (χ0) is 19.9. The van der Waals surface area contributed by atoms with Crippen molar-refractivity contribution in [1.29, 1.82) is 0 Å². The highest BCUT2D eigenvalue weighted by Crippen LogP contribution is 2.39. The van der Waals surface area contributed by atoms with Gasteiger partial charge in [0.25, 0.3) is 0 Å². The fourth-order valence-electron chi connectivity index (χ4n) is 3.17. The molecule has 4 heteroatoms. The lowest BCUT2D eigenvalue weighted by molar-refractivity contribution is 0.539. The summed E-state index contributed by atoms with van der Waals surface area (Å²) in [5, 5.41) is 7.94. The topological polar surface area (TPSA) is 24.1 Å². The van der Waals surface area contributed by atoms with Crippen molar-refractivity contribution in [1.82, 2.24) is 0 Å². The zero-order valence-electron chi connectivity index (χ0n) is 16.6. The maximum Gasteiger partial charge on any atom is 0.0545 e. The van der Waals surface area contributed by atoms with Gasteiger partial charge in [-0.2, -0.15) is 0 Å². The molecule has 3 aromatic rings. The molecule has 0 bridgehead atoms. The molecule has 2 N–H and O–H groups in total. The van der Waals surface area contributed by atoms with E-state index < -0.39 is 0 Å². The van der Waals surface area contributed by atoms with Crippen molar-refractivity contribution in [2.24, 2.45) is 5.92 Å². The minimum absolute atomic E-state index is 0.401. The third kappa shape index (κ3) is 5.95. The summed E-state index contributed by atoms with van der Waals surface area (Å²) in [6.07, 6.45) is 1.13.